The van der Waals surface area contributed by atoms with E-state index in [-0.39, 0.29) is 0 Å². The molecule has 16 heavy (non-hydrogen) atoms. The number of rotatable bonds is 2. The van der Waals surface area contributed by atoms with Crippen molar-refractivity contribution < 1.29 is 0 Å². The van der Waals surface area contributed by atoms with Gasteiger partial charge in [0, 0.05) is 43.8 Å². The Balaban J connectivity index is 1.88. The van der Waals surface area contributed by atoms with Crippen molar-refractivity contribution >= 4 is 0 Å². The van der Waals surface area contributed by atoms with Crippen LogP contribution in [0.5, 0.6) is 0 Å². The van der Waals surface area contributed by atoms with E-state index in [2.05, 4.69) is 32.0 Å². The van der Waals surface area contributed by atoms with Crippen molar-refractivity contribution in [3.63, 3.8) is 0 Å². The second kappa shape index (κ2) is 4.06. The molecule has 3 rings (SSSR count). The molecule has 0 aromatic carbocycles. The number of nitrogens with one attached hydrogen (secondary N) is 1. The predicted molar refractivity (Wildman–Crippen MR) is 61.0 cm³/mol. The predicted octanol–water partition coefficient (Wildman–Crippen LogP) is 0.972. The number of hydrogen-bond donors (Lipinski definition) is 1. The van der Waals surface area contributed by atoms with Gasteiger partial charge < -0.3 is 9.88 Å². The Morgan fingerprint density at radius 3 is 3.06 bits per heavy atom. The van der Waals surface area contributed by atoms with E-state index < -0.39 is 0 Å². The highest BCUT2D eigenvalue weighted by Gasteiger charge is 2.13. The molecule has 1 aliphatic rings. The topological polar surface area (TPSA) is 42.7 Å². The molecule has 0 unspecified atom stereocenters. The normalized spacial score (nSPS) is 14.8. The van der Waals surface area contributed by atoms with E-state index in [1.165, 1.54) is 11.3 Å². The lowest BCUT2D eigenvalue weighted by atomic mass is 10.1. The molecule has 0 bridgehead atoms. The minimum absolute atomic E-state index is 0.885. The lowest BCUT2D eigenvalue weighted by Crippen LogP contribution is -2.29. The standard InChI is InChI=1S/C12H14N4/c1-3-13-4-2-10(1)7-11-8-15-12-9-14-5-6-16(11)12/h1-4,8,14H,5-7,9H2. The Hall–Kier alpha value is -1.68. The number of nitrogens with zero attached hydrogens (tertiary/aromatic N) is 3. The summed E-state index contributed by atoms with van der Waals surface area (Å²) in [4.78, 5) is 8.47. The molecule has 4 heteroatoms. The van der Waals surface area contributed by atoms with E-state index in [0.717, 1.165) is 31.9 Å². The van der Waals surface area contributed by atoms with Gasteiger partial charge in [0.25, 0.3) is 0 Å². The SMILES string of the molecule is c1cc(Cc2cnc3n2CCNC3)ccn1. The highest BCUT2D eigenvalue weighted by atomic mass is 15.2. The third-order valence-corrected chi connectivity index (χ3v) is 2.95. The van der Waals surface area contributed by atoms with Crippen molar-refractivity contribution in [2.75, 3.05) is 6.54 Å². The summed E-state index contributed by atoms with van der Waals surface area (Å²) in [6.45, 7) is 2.94. The number of fused-ring (bicyclic) bond motifs is 1. The van der Waals surface area contributed by atoms with Crippen LogP contribution in [0.4, 0.5) is 0 Å². The average Bonchev–Trinajstić information content (AvgIpc) is 2.74. The fraction of sp³-hybridized carbons (Fsp3) is 0.333. The first kappa shape index (κ1) is 9.54. The van der Waals surface area contributed by atoms with Crippen LogP contribution in [0.3, 0.4) is 0 Å². The number of aromatic nitrogens is 3. The van der Waals surface area contributed by atoms with Gasteiger partial charge in [0.05, 0.1) is 6.54 Å². The summed E-state index contributed by atoms with van der Waals surface area (Å²) < 4.78 is 2.32. The van der Waals surface area contributed by atoms with Crippen LogP contribution in [0.15, 0.2) is 30.7 Å². The third-order valence-electron chi connectivity index (χ3n) is 2.95. The van der Waals surface area contributed by atoms with Gasteiger partial charge in [-0.2, -0.15) is 0 Å². The van der Waals surface area contributed by atoms with Crippen molar-refractivity contribution in [3.8, 4) is 0 Å². The molecule has 1 N–H and O–H groups in total. The molecule has 2 aromatic rings. The largest absolute Gasteiger partial charge is 0.329 e. The molecule has 0 atom stereocenters. The molecule has 2 aromatic heterocycles. The van der Waals surface area contributed by atoms with Crippen LogP contribution >= 0.6 is 0 Å². The van der Waals surface area contributed by atoms with E-state index in [4.69, 9.17) is 0 Å². The van der Waals surface area contributed by atoms with Crippen molar-refractivity contribution in [1.29, 1.82) is 0 Å². The summed E-state index contributed by atoms with van der Waals surface area (Å²) >= 11 is 0. The molecular weight excluding hydrogens is 200 g/mol. The molecule has 0 aliphatic carbocycles. The minimum atomic E-state index is 0.885. The van der Waals surface area contributed by atoms with Crippen LogP contribution in [0, 0.1) is 0 Å². The molecule has 0 radical (unpaired) electrons. The van der Waals surface area contributed by atoms with Gasteiger partial charge in [-0.05, 0) is 17.7 Å². The van der Waals surface area contributed by atoms with Crippen LogP contribution in [-0.2, 0) is 19.5 Å². The smallest absolute Gasteiger partial charge is 0.122 e. The lowest BCUT2D eigenvalue weighted by Gasteiger charge is -2.17. The summed E-state index contributed by atoms with van der Waals surface area (Å²) in [5.41, 5.74) is 2.58. The highest BCUT2D eigenvalue weighted by Crippen LogP contribution is 2.13. The molecule has 3 heterocycles. The van der Waals surface area contributed by atoms with Crippen molar-refractivity contribution in [1.82, 2.24) is 19.9 Å². The minimum Gasteiger partial charge on any atom is -0.329 e. The second-order valence-corrected chi connectivity index (χ2v) is 4.03. The van der Waals surface area contributed by atoms with E-state index in [0.29, 0.717) is 0 Å². The number of pyridine rings is 1. The van der Waals surface area contributed by atoms with Crippen LogP contribution in [0.25, 0.3) is 0 Å². The van der Waals surface area contributed by atoms with Gasteiger partial charge in [-0.3, -0.25) is 4.98 Å². The zero-order valence-corrected chi connectivity index (χ0v) is 9.06. The highest BCUT2D eigenvalue weighted by molar-refractivity contribution is 5.20. The second-order valence-electron chi connectivity index (χ2n) is 4.03. The van der Waals surface area contributed by atoms with Gasteiger partial charge in [-0.15, -0.1) is 0 Å². The quantitative estimate of drug-likeness (QED) is 0.810. The molecule has 0 saturated heterocycles. The van der Waals surface area contributed by atoms with Crippen molar-refractivity contribution in [3.05, 3.63) is 47.8 Å². The van der Waals surface area contributed by atoms with Gasteiger partial charge in [-0.25, -0.2) is 4.98 Å². The van der Waals surface area contributed by atoms with Gasteiger partial charge in [0.15, 0.2) is 0 Å². The molecule has 1 aliphatic heterocycles. The molecular formula is C12H14N4. The van der Waals surface area contributed by atoms with E-state index in [1.54, 1.807) is 0 Å². The lowest BCUT2D eigenvalue weighted by molar-refractivity contribution is 0.496. The maximum atomic E-state index is 4.44. The van der Waals surface area contributed by atoms with Crippen LogP contribution in [0.2, 0.25) is 0 Å². The first-order valence-corrected chi connectivity index (χ1v) is 5.56. The maximum absolute atomic E-state index is 4.44. The fourth-order valence-electron chi connectivity index (χ4n) is 2.11. The Morgan fingerprint density at radius 1 is 1.31 bits per heavy atom. The third kappa shape index (κ3) is 1.72. The van der Waals surface area contributed by atoms with E-state index in [1.807, 2.05) is 18.6 Å². The average molecular weight is 214 g/mol. The first-order valence-electron chi connectivity index (χ1n) is 5.56. The van der Waals surface area contributed by atoms with Gasteiger partial charge in [0.2, 0.25) is 0 Å². The zero-order valence-electron chi connectivity index (χ0n) is 9.06. The molecule has 4 nitrogen and oxygen atoms in total. The van der Waals surface area contributed by atoms with Crippen LogP contribution < -0.4 is 5.32 Å². The first-order chi connectivity index (χ1) is 7.93. The Bertz CT molecular complexity index is 475. The zero-order chi connectivity index (χ0) is 10.8. The summed E-state index contributed by atoms with van der Waals surface area (Å²) in [7, 11) is 0. The molecule has 0 fully saturated rings. The monoisotopic (exact) mass is 214 g/mol. The summed E-state index contributed by atoms with van der Waals surface area (Å²) in [6, 6.07) is 4.11. The Morgan fingerprint density at radius 2 is 2.19 bits per heavy atom. The molecule has 0 saturated carbocycles. The Kier molecular flexibility index (Phi) is 2.42. The summed E-state index contributed by atoms with van der Waals surface area (Å²) in [6.07, 6.45) is 6.60. The van der Waals surface area contributed by atoms with E-state index in [9.17, 15) is 0 Å². The Labute approximate surface area is 94.4 Å². The maximum Gasteiger partial charge on any atom is 0.122 e. The van der Waals surface area contributed by atoms with Gasteiger partial charge in [0.1, 0.15) is 5.82 Å². The molecule has 0 amide bonds. The number of hydrogen-bond acceptors (Lipinski definition) is 3. The van der Waals surface area contributed by atoms with Crippen molar-refractivity contribution in [2.24, 2.45) is 0 Å². The van der Waals surface area contributed by atoms with Gasteiger partial charge in [-0.1, -0.05) is 0 Å². The molecule has 82 valence electrons. The molecule has 0 spiro atoms. The summed E-state index contributed by atoms with van der Waals surface area (Å²) in [5.74, 6) is 1.15. The summed E-state index contributed by atoms with van der Waals surface area (Å²) in [5, 5.41) is 3.32. The van der Waals surface area contributed by atoms with Gasteiger partial charge >= 0.3 is 0 Å². The van der Waals surface area contributed by atoms with Crippen LogP contribution in [0.1, 0.15) is 17.1 Å². The van der Waals surface area contributed by atoms with Crippen LogP contribution in [-0.4, -0.2) is 21.1 Å². The van der Waals surface area contributed by atoms with E-state index >= 15 is 0 Å². The number of imidazole rings is 1. The van der Waals surface area contributed by atoms with Crippen molar-refractivity contribution in [2.45, 2.75) is 19.5 Å². The fourth-order valence-corrected chi connectivity index (χ4v) is 2.11.